The van der Waals surface area contributed by atoms with Crippen LogP contribution in [-0.4, -0.2) is 34.0 Å². The molecule has 0 saturated carbocycles. The number of pyridine rings is 1. The number of amides is 1. The van der Waals surface area contributed by atoms with Crippen LogP contribution in [0.5, 0.6) is 0 Å². The molecular formula is C22H19N5OS2. The first-order valence-corrected chi connectivity index (χ1v) is 11.0. The Kier molecular flexibility index (Phi) is 5.33. The second-order valence-corrected chi connectivity index (χ2v) is 9.19. The summed E-state index contributed by atoms with van der Waals surface area (Å²) in [5.41, 5.74) is 7.56. The number of guanidine groups is 1. The lowest BCUT2D eigenvalue weighted by atomic mass is 9.92. The number of carbonyl (C=O) groups is 1. The van der Waals surface area contributed by atoms with Crippen molar-refractivity contribution in [1.29, 1.82) is 5.26 Å². The van der Waals surface area contributed by atoms with E-state index in [0.29, 0.717) is 5.56 Å². The molecule has 1 amide bonds. The summed E-state index contributed by atoms with van der Waals surface area (Å²) in [7, 11) is 1.65. The molecule has 0 aliphatic carbocycles. The molecule has 8 heteroatoms. The van der Waals surface area contributed by atoms with Crippen molar-refractivity contribution in [3.63, 3.8) is 0 Å². The van der Waals surface area contributed by atoms with Crippen molar-refractivity contribution >= 4 is 35.0 Å². The number of aliphatic imine (C=N–C) groups is 1. The van der Waals surface area contributed by atoms with Gasteiger partial charge in [-0.1, -0.05) is 18.2 Å². The molecule has 30 heavy (non-hydrogen) atoms. The molecule has 0 bridgehead atoms. The monoisotopic (exact) mass is 433 g/mol. The Morgan fingerprint density at radius 3 is 2.73 bits per heavy atom. The number of nitrogens with two attached hydrogens (primary N) is 1. The smallest absolute Gasteiger partial charge is 0.245 e. The van der Waals surface area contributed by atoms with E-state index in [1.54, 1.807) is 19.3 Å². The van der Waals surface area contributed by atoms with Gasteiger partial charge in [0, 0.05) is 34.8 Å². The van der Waals surface area contributed by atoms with Crippen LogP contribution in [-0.2, 0) is 10.3 Å². The van der Waals surface area contributed by atoms with Gasteiger partial charge < -0.3 is 5.73 Å². The highest BCUT2D eigenvalue weighted by Crippen LogP contribution is 2.45. The van der Waals surface area contributed by atoms with Gasteiger partial charge in [-0.3, -0.25) is 14.7 Å². The Balaban J connectivity index is 1.76. The average molecular weight is 434 g/mol. The minimum atomic E-state index is -0.822. The van der Waals surface area contributed by atoms with Gasteiger partial charge in [-0.15, -0.1) is 23.1 Å². The maximum Gasteiger partial charge on any atom is 0.245 e. The molecule has 2 aromatic heterocycles. The second-order valence-electron chi connectivity index (χ2n) is 7.10. The molecule has 0 radical (unpaired) electrons. The summed E-state index contributed by atoms with van der Waals surface area (Å²) < 4.78 is 0. The predicted molar refractivity (Wildman–Crippen MR) is 120 cm³/mol. The zero-order valence-corrected chi connectivity index (χ0v) is 18.1. The molecule has 1 aromatic carbocycles. The number of carbonyl (C=O) groups excluding carboxylic acids is 1. The van der Waals surface area contributed by atoms with Crippen LogP contribution in [0, 0.1) is 11.3 Å². The van der Waals surface area contributed by atoms with Crippen LogP contribution in [0.15, 0.2) is 70.1 Å². The fourth-order valence-electron chi connectivity index (χ4n) is 3.30. The lowest BCUT2D eigenvalue weighted by Gasteiger charge is -2.39. The maximum atomic E-state index is 13.2. The highest BCUT2D eigenvalue weighted by atomic mass is 32.2. The number of benzene rings is 1. The SMILES string of the molecule is CN1C(=O)C(Sc2ccccc2)[C@@](C)(c2cc(-c3cncc(C#N)c3)cs2)N=C1N. The molecule has 6 nitrogen and oxygen atoms in total. The minimum Gasteiger partial charge on any atom is -0.369 e. The van der Waals surface area contributed by atoms with Gasteiger partial charge in [0.15, 0.2) is 5.96 Å². The number of aromatic nitrogens is 1. The van der Waals surface area contributed by atoms with Gasteiger partial charge in [0.25, 0.3) is 0 Å². The van der Waals surface area contributed by atoms with Crippen molar-refractivity contribution in [2.45, 2.75) is 22.6 Å². The molecule has 1 aliphatic heterocycles. The van der Waals surface area contributed by atoms with E-state index >= 15 is 0 Å². The van der Waals surface area contributed by atoms with Crippen LogP contribution in [0.4, 0.5) is 0 Å². The molecule has 2 N–H and O–H groups in total. The Labute approximate surface area is 183 Å². The van der Waals surface area contributed by atoms with Crippen molar-refractivity contribution in [3.8, 4) is 17.2 Å². The van der Waals surface area contributed by atoms with Crippen LogP contribution >= 0.6 is 23.1 Å². The maximum absolute atomic E-state index is 13.2. The van der Waals surface area contributed by atoms with Gasteiger partial charge in [-0.2, -0.15) is 5.26 Å². The van der Waals surface area contributed by atoms with Gasteiger partial charge in [0.2, 0.25) is 5.91 Å². The van der Waals surface area contributed by atoms with Crippen molar-refractivity contribution in [2.75, 3.05) is 7.05 Å². The van der Waals surface area contributed by atoms with Crippen LogP contribution in [0.2, 0.25) is 0 Å². The number of thiophene rings is 1. The lowest BCUT2D eigenvalue weighted by molar-refractivity contribution is -0.127. The molecule has 1 aliphatic rings. The molecule has 0 spiro atoms. The largest absolute Gasteiger partial charge is 0.369 e. The fraction of sp³-hybridized carbons (Fsp3) is 0.182. The Hall–Kier alpha value is -3.15. The standard InChI is InChI=1S/C22H19N5OS2/c1-22(18-9-16(13-29-18)15-8-14(10-23)11-25-12-15)19(20(28)27(2)21(24)26-22)30-17-6-4-3-5-7-17/h3-9,11-13,19H,1-2H3,(H2,24,26)/t19?,22-/m1/s1. The third kappa shape index (κ3) is 3.58. The number of hydrogen-bond donors (Lipinski definition) is 1. The van der Waals surface area contributed by atoms with E-state index in [1.807, 2.05) is 48.7 Å². The number of nitrogens with zero attached hydrogens (tertiary/aromatic N) is 4. The van der Waals surface area contributed by atoms with Crippen LogP contribution < -0.4 is 5.73 Å². The van der Waals surface area contributed by atoms with Crippen molar-refractivity contribution in [3.05, 3.63) is 70.7 Å². The summed E-state index contributed by atoms with van der Waals surface area (Å²) in [6.07, 6.45) is 3.26. The summed E-state index contributed by atoms with van der Waals surface area (Å²) >= 11 is 3.01. The number of nitriles is 1. The first kappa shape index (κ1) is 20.1. The van der Waals surface area contributed by atoms with Crippen molar-refractivity contribution < 1.29 is 4.79 Å². The Bertz CT molecular complexity index is 1170. The third-order valence-electron chi connectivity index (χ3n) is 5.05. The van der Waals surface area contributed by atoms with Gasteiger partial charge in [-0.05, 0) is 42.1 Å². The third-order valence-corrected chi connectivity index (χ3v) is 7.65. The number of rotatable bonds is 4. The number of hydrogen-bond acceptors (Lipinski definition) is 7. The van der Waals surface area contributed by atoms with Crippen molar-refractivity contribution in [2.24, 2.45) is 10.7 Å². The van der Waals surface area contributed by atoms with E-state index in [1.165, 1.54) is 34.2 Å². The van der Waals surface area contributed by atoms with E-state index < -0.39 is 10.8 Å². The van der Waals surface area contributed by atoms with Gasteiger partial charge in [0.05, 0.1) is 5.56 Å². The van der Waals surface area contributed by atoms with Gasteiger partial charge in [0.1, 0.15) is 16.9 Å². The van der Waals surface area contributed by atoms with E-state index in [4.69, 9.17) is 16.0 Å². The van der Waals surface area contributed by atoms with Crippen LogP contribution in [0.3, 0.4) is 0 Å². The number of thioether (sulfide) groups is 1. The first-order valence-electron chi connectivity index (χ1n) is 9.21. The Morgan fingerprint density at radius 1 is 1.23 bits per heavy atom. The predicted octanol–water partition coefficient (Wildman–Crippen LogP) is 3.84. The highest BCUT2D eigenvalue weighted by Gasteiger charge is 2.47. The topological polar surface area (TPSA) is 95.4 Å². The summed E-state index contributed by atoms with van der Waals surface area (Å²) in [6, 6.07) is 15.7. The second kappa shape index (κ2) is 7.94. The molecule has 3 heterocycles. The summed E-state index contributed by atoms with van der Waals surface area (Å²) in [5, 5.41) is 10.7. The average Bonchev–Trinajstić information content (AvgIpc) is 3.27. The fourth-order valence-corrected chi connectivity index (χ4v) is 5.68. The van der Waals surface area contributed by atoms with Crippen LogP contribution in [0.1, 0.15) is 17.4 Å². The summed E-state index contributed by atoms with van der Waals surface area (Å²) in [6.45, 7) is 1.95. The summed E-state index contributed by atoms with van der Waals surface area (Å²) in [5.74, 6) is 0.123. The molecular weight excluding hydrogens is 414 g/mol. The normalized spacial score (nSPS) is 21.2. The van der Waals surface area contributed by atoms with Crippen molar-refractivity contribution in [1.82, 2.24) is 9.88 Å². The molecule has 1 unspecified atom stereocenters. The molecule has 0 saturated heterocycles. The molecule has 4 rings (SSSR count). The van der Waals surface area contributed by atoms with Gasteiger partial charge in [-0.25, -0.2) is 4.99 Å². The highest BCUT2D eigenvalue weighted by molar-refractivity contribution is 8.00. The first-order chi connectivity index (χ1) is 14.4. The van der Waals surface area contributed by atoms with Gasteiger partial charge >= 0.3 is 0 Å². The molecule has 0 fully saturated rings. The lowest BCUT2D eigenvalue weighted by Crippen LogP contribution is -2.55. The minimum absolute atomic E-state index is 0.0815. The van der Waals surface area contributed by atoms with E-state index in [2.05, 4.69) is 11.1 Å². The summed E-state index contributed by atoms with van der Waals surface area (Å²) in [4.78, 5) is 25.4. The molecule has 2 atom stereocenters. The zero-order chi connectivity index (χ0) is 21.3. The zero-order valence-electron chi connectivity index (χ0n) is 16.4. The Morgan fingerprint density at radius 2 is 2.00 bits per heavy atom. The quantitative estimate of drug-likeness (QED) is 0.674. The van der Waals surface area contributed by atoms with E-state index in [9.17, 15) is 4.79 Å². The van der Waals surface area contributed by atoms with Crippen LogP contribution in [0.25, 0.3) is 11.1 Å². The molecule has 3 aromatic rings. The van der Waals surface area contributed by atoms with E-state index in [0.717, 1.165) is 20.9 Å². The molecule has 150 valence electrons. The van der Waals surface area contributed by atoms with E-state index in [-0.39, 0.29) is 11.9 Å².